The molecule has 0 spiro atoms. The van der Waals surface area contributed by atoms with Gasteiger partial charge in [0, 0.05) is 36.7 Å². The largest absolute Gasteiger partial charge is 0.351 e. The third kappa shape index (κ3) is 4.87. The van der Waals surface area contributed by atoms with Crippen molar-refractivity contribution >= 4 is 17.5 Å². The normalized spacial score (nSPS) is 14.2. The molecular weight excluding hydrogens is 316 g/mol. The van der Waals surface area contributed by atoms with Gasteiger partial charge in [0.1, 0.15) is 0 Å². The average molecular weight is 338 g/mol. The average Bonchev–Trinajstić information content (AvgIpc) is 3.16. The van der Waals surface area contributed by atoms with Gasteiger partial charge in [0.15, 0.2) is 0 Å². The van der Waals surface area contributed by atoms with Gasteiger partial charge < -0.3 is 15.5 Å². The molecule has 0 unspecified atom stereocenters. The minimum Gasteiger partial charge on any atom is -0.351 e. The topological polar surface area (TPSA) is 74.3 Å². The number of pyridine rings is 1. The van der Waals surface area contributed by atoms with E-state index in [-0.39, 0.29) is 11.8 Å². The molecular formula is C19H22N4O2. The van der Waals surface area contributed by atoms with Crippen LogP contribution >= 0.6 is 0 Å². The highest BCUT2D eigenvalue weighted by Crippen LogP contribution is 2.11. The molecule has 6 heteroatoms. The van der Waals surface area contributed by atoms with Crippen molar-refractivity contribution in [2.45, 2.75) is 12.8 Å². The lowest BCUT2D eigenvalue weighted by molar-refractivity contribution is 0.0949. The number of rotatable bonds is 6. The highest BCUT2D eigenvalue weighted by atomic mass is 16.2. The van der Waals surface area contributed by atoms with Gasteiger partial charge in [-0.15, -0.1) is 0 Å². The van der Waals surface area contributed by atoms with Gasteiger partial charge in [-0.3, -0.25) is 14.6 Å². The summed E-state index contributed by atoms with van der Waals surface area (Å²) in [5.41, 5.74) is 1.72. The molecule has 0 atom stereocenters. The van der Waals surface area contributed by atoms with E-state index < -0.39 is 0 Å². The third-order valence-electron chi connectivity index (χ3n) is 4.24. The summed E-state index contributed by atoms with van der Waals surface area (Å²) in [6.45, 7) is 3.80. The van der Waals surface area contributed by atoms with Crippen LogP contribution in [0.2, 0.25) is 0 Å². The fourth-order valence-corrected chi connectivity index (χ4v) is 2.84. The molecule has 0 bridgehead atoms. The van der Waals surface area contributed by atoms with Gasteiger partial charge in [0.25, 0.3) is 11.8 Å². The molecule has 0 aliphatic carbocycles. The molecule has 0 saturated carbocycles. The van der Waals surface area contributed by atoms with Crippen LogP contribution in [0.1, 0.15) is 33.6 Å². The van der Waals surface area contributed by atoms with E-state index in [0.717, 1.165) is 19.6 Å². The van der Waals surface area contributed by atoms with Crippen molar-refractivity contribution in [3.63, 3.8) is 0 Å². The smallest absolute Gasteiger partial charge is 0.257 e. The third-order valence-corrected chi connectivity index (χ3v) is 4.24. The van der Waals surface area contributed by atoms with Crippen LogP contribution in [0.4, 0.5) is 5.69 Å². The Hall–Kier alpha value is -2.73. The van der Waals surface area contributed by atoms with Crippen LogP contribution in [-0.4, -0.2) is 47.9 Å². The fraction of sp³-hybridized carbons (Fsp3) is 0.316. The molecule has 1 aromatic heterocycles. The van der Waals surface area contributed by atoms with Crippen molar-refractivity contribution in [1.29, 1.82) is 0 Å². The first kappa shape index (κ1) is 17.1. The van der Waals surface area contributed by atoms with Crippen LogP contribution in [0, 0.1) is 0 Å². The molecule has 3 rings (SSSR count). The van der Waals surface area contributed by atoms with Crippen LogP contribution < -0.4 is 10.6 Å². The highest BCUT2D eigenvalue weighted by Gasteiger charge is 2.12. The summed E-state index contributed by atoms with van der Waals surface area (Å²) in [5.74, 6) is -0.319. The molecule has 130 valence electrons. The predicted octanol–water partition coefficient (Wildman–Crippen LogP) is 2.16. The number of aromatic nitrogens is 1. The Kier molecular flexibility index (Phi) is 5.74. The SMILES string of the molecule is O=C(NCCN1CCCC1)c1ccc(NC(=O)c2cccnc2)cc1. The standard InChI is InChI=1S/C19H22N4O2/c24-18(21-10-13-23-11-1-2-12-23)15-5-7-17(8-6-15)22-19(25)16-4-3-9-20-14-16/h3-9,14H,1-2,10-13H2,(H,21,24)(H,22,25). The van der Waals surface area contributed by atoms with Crippen LogP contribution in [0.5, 0.6) is 0 Å². The lowest BCUT2D eigenvalue weighted by atomic mass is 10.2. The summed E-state index contributed by atoms with van der Waals surface area (Å²) in [5, 5.41) is 5.72. The molecule has 2 amide bonds. The van der Waals surface area contributed by atoms with Crippen molar-refractivity contribution in [3.8, 4) is 0 Å². The number of carbonyl (C=O) groups excluding carboxylic acids is 2. The minimum absolute atomic E-state index is 0.0932. The molecule has 6 nitrogen and oxygen atoms in total. The first-order chi connectivity index (χ1) is 12.2. The second-order valence-electron chi connectivity index (χ2n) is 6.08. The summed E-state index contributed by atoms with van der Waals surface area (Å²) >= 11 is 0. The maximum absolute atomic E-state index is 12.1. The van der Waals surface area contributed by atoms with Gasteiger partial charge in [-0.05, 0) is 62.3 Å². The maximum atomic E-state index is 12.1. The van der Waals surface area contributed by atoms with Gasteiger partial charge in [0.2, 0.25) is 0 Å². The number of hydrogen-bond donors (Lipinski definition) is 2. The minimum atomic E-state index is -0.226. The maximum Gasteiger partial charge on any atom is 0.257 e. The number of nitrogens with one attached hydrogen (secondary N) is 2. The molecule has 2 aromatic rings. The molecule has 1 aromatic carbocycles. The summed E-state index contributed by atoms with van der Waals surface area (Å²) in [7, 11) is 0. The molecule has 2 heterocycles. The Morgan fingerprint density at radius 3 is 2.44 bits per heavy atom. The van der Waals surface area contributed by atoms with Crippen LogP contribution in [0.3, 0.4) is 0 Å². The van der Waals surface area contributed by atoms with Crippen LogP contribution in [-0.2, 0) is 0 Å². The van der Waals surface area contributed by atoms with E-state index in [1.807, 2.05) is 0 Å². The van der Waals surface area contributed by atoms with Crippen molar-refractivity contribution < 1.29 is 9.59 Å². The Morgan fingerprint density at radius 2 is 1.76 bits per heavy atom. The van der Waals surface area contributed by atoms with E-state index in [2.05, 4.69) is 20.5 Å². The van der Waals surface area contributed by atoms with Gasteiger partial charge in [-0.2, -0.15) is 0 Å². The summed E-state index contributed by atoms with van der Waals surface area (Å²) in [6, 6.07) is 10.3. The second-order valence-corrected chi connectivity index (χ2v) is 6.08. The molecule has 1 saturated heterocycles. The van der Waals surface area contributed by atoms with Crippen molar-refractivity contribution in [3.05, 3.63) is 59.9 Å². The van der Waals surface area contributed by atoms with E-state index in [9.17, 15) is 9.59 Å². The highest BCUT2D eigenvalue weighted by molar-refractivity contribution is 6.04. The second kappa shape index (κ2) is 8.39. The number of benzene rings is 1. The Bertz CT molecular complexity index is 710. The van der Waals surface area contributed by atoms with Crippen molar-refractivity contribution in [2.24, 2.45) is 0 Å². The predicted molar refractivity (Wildman–Crippen MR) is 96.6 cm³/mol. The zero-order valence-corrected chi connectivity index (χ0v) is 14.1. The summed E-state index contributed by atoms with van der Waals surface area (Å²) in [6.07, 6.45) is 5.63. The fourth-order valence-electron chi connectivity index (χ4n) is 2.84. The molecule has 1 aliphatic heterocycles. The summed E-state index contributed by atoms with van der Waals surface area (Å²) < 4.78 is 0. The van der Waals surface area contributed by atoms with Crippen LogP contribution in [0.25, 0.3) is 0 Å². The number of hydrogen-bond acceptors (Lipinski definition) is 4. The number of nitrogens with zero attached hydrogens (tertiary/aromatic N) is 2. The van der Waals surface area contributed by atoms with E-state index in [4.69, 9.17) is 0 Å². The Balaban J connectivity index is 1.49. The number of likely N-dealkylation sites (tertiary alicyclic amines) is 1. The van der Waals surface area contributed by atoms with Gasteiger partial charge in [-0.25, -0.2) is 0 Å². The number of amides is 2. The first-order valence-electron chi connectivity index (χ1n) is 8.54. The van der Waals surface area contributed by atoms with Gasteiger partial charge in [-0.1, -0.05) is 0 Å². The van der Waals surface area contributed by atoms with Crippen molar-refractivity contribution in [1.82, 2.24) is 15.2 Å². The van der Waals surface area contributed by atoms with Crippen molar-refractivity contribution in [2.75, 3.05) is 31.5 Å². The van der Waals surface area contributed by atoms with E-state index in [0.29, 0.717) is 23.4 Å². The lowest BCUT2D eigenvalue weighted by Crippen LogP contribution is -2.33. The molecule has 1 aliphatic rings. The Labute approximate surface area is 147 Å². The molecule has 1 fully saturated rings. The van der Waals surface area contributed by atoms with E-state index in [1.165, 1.54) is 19.0 Å². The zero-order chi connectivity index (χ0) is 17.5. The van der Waals surface area contributed by atoms with E-state index in [1.54, 1.807) is 42.6 Å². The van der Waals surface area contributed by atoms with E-state index >= 15 is 0 Å². The molecule has 2 N–H and O–H groups in total. The van der Waals surface area contributed by atoms with Gasteiger partial charge >= 0.3 is 0 Å². The quantitative estimate of drug-likeness (QED) is 0.846. The molecule has 25 heavy (non-hydrogen) atoms. The zero-order valence-electron chi connectivity index (χ0n) is 14.1. The number of anilines is 1. The van der Waals surface area contributed by atoms with Gasteiger partial charge in [0.05, 0.1) is 5.56 Å². The molecule has 0 radical (unpaired) electrons. The monoisotopic (exact) mass is 338 g/mol. The number of carbonyl (C=O) groups is 2. The first-order valence-corrected chi connectivity index (χ1v) is 8.54. The Morgan fingerprint density at radius 1 is 1.00 bits per heavy atom. The summed E-state index contributed by atoms with van der Waals surface area (Å²) in [4.78, 5) is 30.5. The lowest BCUT2D eigenvalue weighted by Gasteiger charge is -2.14. The van der Waals surface area contributed by atoms with Crippen LogP contribution in [0.15, 0.2) is 48.8 Å².